The predicted octanol–water partition coefficient (Wildman–Crippen LogP) is -1.66. The Balaban J connectivity index is 3.70. The van der Waals surface area contributed by atoms with Crippen LogP contribution in [0.15, 0.2) is 0 Å². The Labute approximate surface area is 94.1 Å². The van der Waals surface area contributed by atoms with E-state index in [1.807, 2.05) is 0 Å². The third-order valence-electron chi connectivity index (χ3n) is 1.84. The van der Waals surface area contributed by atoms with Gasteiger partial charge in [-0.05, 0) is 19.9 Å². The van der Waals surface area contributed by atoms with Crippen LogP contribution in [0.1, 0.15) is 12.8 Å². The van der Waals surface area contributed by atoms with E-state index in [9.17, 15) is 14.4 Å². The van der Waals surface area contributed by atoms with Crippen LogP contribution in [0.5, 0.6) is 0 Å². The fraction of sp³-hybridized carbons (Fsp3) is 0.667. The van der Waals surface area contributed by atoms with E-state index < -0.39 is 12.1 Å². The quantitative estimate of drug-likeness (QED) is 0.295. The van der Waals surface area contributed by atoms with Gasteiger partial charge in [-0.2, -0.15) is 0 Å². The molecular formula is C9H18N4O3. The Kier molecular flexibility index (Phi) is 7.78. The summed E-state index contributed by atoms with van der Waals surface area (Å²) < 4.78 is 0. The van der Waals surface area contributed by atoms with Gasteiger partial charge < -0.3 is 26.5 Å². The van der Waals surface area contributed by atoms with Crippen LogP contribution >= 0.6 is 0 Å². The Bertz CT molecular complexity index is 245. The van der Waals surface area contributed by atoms with E-state index in [2.05, 4.69) is 16.0 Å². The SMILES string of the molecule is CNCC(=O)NC(C=O)CCCNC(N)=O. The van der Waals surface area contributed by atoms with Crippen molar-refractivity contribution in [2.45, 2.75) is 18.9 Å². The van der Waals surface area contributed by atoms with Crippen LogP contribution in [0.25, 0.3) is 0 Å². The summed E-state index contributed by atoms with van der Waals surface area (Å²) in [5, 5.41) is 7.62. The molecule has 7 heteroatoms. The van der Waals surface area contributed by atoms with E-state index >= 15 is 0 Å². The lowest BCUT2D eigenvalue weighted by molar-refractivity contribution is -0.123. The first-order chi connectivity index (χ1) is 7.60. The zero-order valence-electron chi connectivity index (χ0n) is 9.29. The maximum absolute atomic E-state index is 11.1. The molecule has 0 aromatic heterocycles. The molecule has 5 N–H and O–H groups in total. The molecule has 16 heavy (non-hydrogen) atoms. The molecule has 0 rings (SSSR count). The minimum atomic E-state index is -0.595. The van der Waals surface area contributed by atoms with Crippen molar-refractivity contribution in [3.63, 3.8) is 0 Å². The number of hydrogen-bond donors (Lipinski definition) is 4. The van der Waals surface area contributed by atoms with Crippen LogP contribution < -0.4 is 21.7 Å². The zero-order chi connectivity index (χ0) is 12.4. The van der Waals surface area contributed by atoms with Crippen molar-refractivity contribution >= 4 is 18.2 Å². The number of urea groups is 1. The Morgan fingerprint density at radius 3 is 2.62 bits per heavy atom. The number of primary amides is 1. The first-order valence-corrected chi connectivity index (χ1v) is 5.02. The van der Waals surface area contributed by atoms with Gasteiger partial charge in [0, 0.05) is 6.54 Å². The number of likely N-dealkylation sites (N-methyl/N-ethyl adjacent to an activating group) is 1. The smallest absolute Gasteiger partial charge is 0.312 e. The summed E-state index contributed by atoms with van der Waals surface area (Å²) in [5.74, 6) is -0.234. The van der Waals surface area contributed by atoms with Crippen LogP contribution in [0.2, 0.25) is 0 Å². The van der Waals surface area contributed by atoms with Crippen LogP contribution in [-0.2, 0) is 9.59 Å². The molecule has 0 heterocycles. The number of hydrogen-bond acceptors (Lipinski definition) is 4. The molecule has 0 radical (unpaired) electrons. The molecule has 3 amide bonds. The highest BCUT2D eigenvalue weighted by molar-refractivity contribution is 5.81. The summed E-state index contributed by atoms with van der Waals surface area (Å²) in [7, 11) is 1.65. The van der Waals surface area contributed by atoms with E-state index in [1.54, 1.807) is 7.05 Å². The first kappa shape index (κ1) is 14.4. The maximum Gasteiger partial charge on any atom is 0.312 e. The van der Waals surface area contributed by atoms with Crippen molar-refractivity contribution in [3.05, 3.63) is 0 Å². The number of rotatable bonds is 8. The zero-order valence-corrected chi connectivity index (χ0v) is 9.29. The average Bonchev–Trinajstić information content (AvgIpc) is 2.22. The van der Waals surface area contributed by atoms with Gasteiger partial charge >= 0.3 is 6.03 Å². The molecule has 1 unspecified atom stereocenters. The number of carbonyl (C=O) groups is 3. The molecule has 92 valence electrons. The second kappa shape index (κ2) is 8.66. The fourth-order valence-electron chi connectivity index (χ4n) is 1.13. The fourth-order valence-corrected chi connectivity index (χ4v) is 1.13. The van der Waals surface area contributed by atoms with E-state index in [-0.39, 0.29) is 12.5 Å². The molecule has 0 saturated heterocycles. The molecule has 7 nitrogen and oxygen atoms in total. The Hall–Kier alpha value is -1.63. The summed E-state index contributed by atoms with van der Waals surface area (Å²) >= 11 is 0. The number of carbonyl (C=O) groups excluding carboxylic acids is 3. The lowest BCUT2D eigenvalue weighted by Gasteiger charge is -2.12. The van der Waals surface area contributed by atoms with Crippen molar-refractivity contribution in [2.24, 2.45) is 5.73 Å². The van der Waals surface area contributed by atoms with Crippen LogP contribution in [0.4, 0.5) is 4.79 Å². The molecule has 0 aliphatic heterocycles. The van der Waals surface area contributed by atoms with Gasteiger partial charge in [-0.15, -0.1) is 0 Å². The molecule has 0 bridgehead atoms. The van der Waals surface area contributed by atoms with Gasteiger partial charge in [0.25, 0.3) is 0 Å². The molecule has 0 aromatic rings. The average molecular weight is 230 g/mol. The number of nitrogens with two attached hydrogens (primary N) is 1. The third-order valence-corrected chi connectivity index (χ3v) is 1.84. The van der Waals surface area contributed by atoms with Gasteiger partial charge in [0.15, 0.2) is 0 Å². The summed E-state index contributed by atoms with van der Waals surface area (Å²) in [6.45, 7) is 0.561. The van der Waals surface area contributed by atoms with Gasteiger partial charge in [-0.25, -0.2) is 4.79 Å². The van der Waals surface area contributed by atoms with Crippen LogP contribution in [-0.4, -0.2) is 44.4 Å². The van der Waals surface area contributed by atoms with Crippen LogP contribution in [0.3, 0.4) is 0 Å². The molecule has 0 aliphatic rings. The normalized spacial score (nSPS) is 11.6. The molecular weight excluding hydrogens is 212 g/mol. The van der Waals surface area contributed by atoms with Gasteiger partial charge in [0.2, 0.25) is 5.91 Å². The minimum absolute atomic E-state index is 0.171. The third kappa shape index (κ3) is 7.74. The molecule has 0 aromatic carbocycles. The van der Waals surface area contributed by atoms with Crippen molar-refractivity contribution < 1.29 is 14.4 Å². The molecule has 0 aliphatic carbocycles. The summed E-state index contributed by atoms with van der Waals surface area (Å²) in [6, 6.07) is -1.11. The molecule has 1 atom stereocenters. The van der Waals surface area contributed by atoms with E-state index in [0.29, 0.717) is 25.7 Å². The molecule has 0 fully saturated rings. The monoisotopic (exact) mass is 230 g/mol. The van der Waals surface area contributed by atoms with Gasteiger partial charge in [0.05, 0.1) is 12.6 Å². The largest absolute Gasteiger partial charge is 0.352 e. The molecule has 0 saturated carbocycles. The Morgan fingerprint density at radius 2 is 2.12 bits per heavy atom. The maximum atomic E-state index is 11.1. The topological polar surface area (TPSA) is 113 Å². The predicted molar refractivity (Wildman–Crippen MR) is 58.7 cm³/mol. The van der Waals surface area contributed by atoms with Crippen molar-refractivity contribution in [3.8, 4) is 0 Å². The van der Waals surface area contributed by atoms with Gasteiger partial charge in [0.1, 0.15) is 6.29 Å². The van der Waals surface area contributed by atoms with E-state index in [0.717, 1.165) is 0 Å². The highest BCUT2D eigenvalue weighted by Crippen LogP contribution is 1.93. The van der Waals surface area contributed by atoms with Crippen molar-refractivity contribution in [1.29, 1.82) is 0 Å². The van der Waals surface area contributed by atoms with Crippen molar-refractivity contribution in [1.82, 2.24) is 16.0 Å². The lowest BCUT2D eigenvalue weighted by atomic mass is 10.2. The summed E-state index contributed by atoms with van der Waals surface area (Å²) in [5.41, 5.74) is 4.86. The van der Waals surface area contributed by atoms with E-state index in [1.165, 1.54) is 0 Å². The summed E-state index contributed by atoms with van der Waals surface area (Å²) in [6.07, 6.45) is 1.73. The van der Waals surface area contributed by atoms with Gasteiger partial charge in [-0.3, -0.25) is 4.79 Å². The number of amides is 3. The van der Waals surface area contributed by atoms with Crippen LogP contribution in [0, 0.1) is 0 Å². The highest BCUT2D eigenvalue weighted by atomic mass is 16.2. The standard InChI is InChI=1S/C9H18N4O3/c1-11-5-8(15)13-7(6-14)3-2-4-12-9(10)16/h6-7,11H,2-5H2,1H3,(H,13,15)(H3,10,12,16). The second-order valence-corrected chi connectivity index (χ2v) is 3.27. The van der Waals surface area contributed by atoms with E-state index in [4.69, 9.17) is 5.73 Å². The van der Waals surface area contributed by atoms with Gasteiger partial charge in [-0.1, -0.05) is 0 Å². The highest BCUT2D eigenvalue weighted by Gasteiger charge is 2.09. The first-order valence-electron chi connectivity index (χ1n) is 5.02. The minimum Gasteiger partial charge on any atom is -0.352 e. The number of nitrogens with one attached hydrogen (secondary N) is 3. The second-order valence-electron chi connectivity index (χ2n) is 3.27. The van der Waals surface area contributed by atoms with Crippen molar-refractivity contribution in [2.75, 3.05) is 20.1 Å². The Morgan fingerprint density at radius 1 is 1.44 bits per heavy atom. The molecule has 0 spiro atoms. The lowest BCUT2D eigenvalue weighted by Crippen LogP contribution is -2.41. The summed E-state index contributed by atoms with van der Waals surface area (Å²) in [4.78, 5) is 32.1. The number of aldehydes is 1.